The molecule has 24 heavy (non-hydrogen) atoms. The molecule has 0 unspecified atom stereocenters. The Morgan fingerprint density at radius 1 is 1.29 bits per heavy atom. The van der Waals surface area contributed by atoms with Crippen LogP contribution >= 0.6 is 0 Å². The van der Waals surface area contributed by atoms with Gasteiger partial charge in [0.1, 0.15) is 5.75 Å². The number of carbonyl (C=O) groups is 1. The summed E-state index contributed by atoms with van der Waals surface area (Å²) in [5.41, 5.74) is 2.61. The van der Waals surface area contributed by atoms with Gasteiger partial charge in [0.15, 0.2) is 0 Å². The molecule has 1 aromatic carbocycles. The molecule has 1 saturated heterocycles. The number of nitrogens with zero attached hydrogens (tertiary/aromatic N) is 2. The molecule has 0 N–H and O–H groups in total. The molecule has 4 heteroatoms. The number of amides is 1. The van der Waals surface area contributed by atoms with Gasteiger partial charge in [0.2, 0.25) is 5.91 Å². The van der Waals surface area contributed by atoms with Crippen LogP contribution in [0.3, 0.4) is 0 Å². The second kappa shape index (κ2) is 7.56. The largest absolute Gasteiger partial charge is 0.494 e. The standard InChI is InChI=1S/C20H30N2O2/c1-4-11-24-19-6-5-18-14-22(10-8-16(18)13-19)20(23)17-7-9-21(3)15(2)12-17/h5-6,13,15,17H,4,7-12,14H2,1-3H3/t15-,17-/m0/s1. The van der Waals surface area contributed by atoms with Gasteiger partial charge in [-0.2, -0.15) is 0 Å². The highest BCUT2D eigenvalue weighted by molar-refractivity contribution is 5.79. The first-order chi connectivity index (χ1) is 11.6. The number of likely N-dealkylation sites (tertiary alicyclic amines) is 1. The Balaban J connectivity index is 1.63. The van der Waals surface area contributed by atoms with Crippen molar-refractivity contribution < 1.29 is 9.53 Å². The van der Waals surface area contributed by atoms with E-state index in [-0.39, 0.29) is 5.92 Å². The monoisotopic (exact) mass is 330 g/mol. The summed E-state index contributed by atoms with van der Waals surface area (Å²) in [6, 6.07) is 6.84. The summed E-state index contributed by atoms with van der Waals surface area (Å²) in [7, 11) is 2.15. The molecule has 1 aromatic rings. The summed E-state index contributed by atoms with van der Waals surface area (Å²) in [5, 5.41) is 0. The van der Waals surface area contributed by atoms with Crippen LogP contribution in [0.25, 0.3) is 0 Å². The van der Waals surface area contributed by atoms with Crippen LogP contribution in [0.5, 0.6) is 5.75 Å². The summed E-state index contributed by atoms with van der Waals surface area (Å²) in [4.78, 5) is 17.3. The minimum absolute atomic E-state index is 0.199. The molecule has 2 aliphatic rings. The molecule has 2 aliphatic heterocycles. The van der Waals surface area contributed by atoms with Crippen molar-refractivity contribution in [3.8, 4) is 5.75 Å². The van der Waals surface area contributed by atoms with E-state index in [1.165, 1.54) is 11.1 Å². The molecule has 0 spiro atoms. The SMILES string of the molecule is CCCOc1ccc2c(c1)CCN(C(=O)[C@H]1CCN(C)[C@@H](C)C1)C2. The third-order valence-corrected chi connectivity index (χ3v) is 5.53. The fraction of sp³-hybridized carbons (Fsp3) is 0.650. The number of piperidine rings is 1. The Labute approximate surface area is 145 Å². The van der Waals surface area contributed by atoms with Gasteiger partial charge in [-0.3, -0.25) is 4.79 Å². The Bertz CT molecular complexity index is 587. The van der Waals surface area contributed by atoms with Gasteiger partial charge in [-0.25, -0.2) is 0 Å². The average molecular weight is 330 g/mol. The first-order valence-corrected chi connectivity index (χ1v) is 9.32. The third kappa shape index (κ3) is 3.75. The molecule has 1 amide bonds. The number of benzene rings is 1. The van der Waals surface area contributed by atoms with Gasteiger partial charge < -0.3 is 14.5 Å². The fourth-order valence-corrected chi connectivity index (χ4v) is 3.80. The van der Waals surface area contributed by atoms with Crippen molar-refractivity contribution in [1.82, 2.24) is 9.80 Å². The number of hydrogen-bond acceptors (Lipinski definition) is 3. The van der Waals surface area contributed by atoms with Crippen LogP contribution in [0.1, 0.15) is 44.2 Å². The summed E-state index contributed by atoms with van der Waals surface area (Å²) in [5.74, 6) is 1.51. The van der Waals surface area contributed by atoms with E-state index < -0.39 is 0 Å². The van der Waals surface area contributed by atoms with Crippen molar-refractivity contribution in [2.24, 2.45) is 5.92 Å². The lowest BCUT2D eigenvalue weighted by atomic mass is 9.89. The quantitative estimate of drug-likeness (QED) is 0.850. The molecular formula is C20H30N2O2. The minimum Gasteiger partial charge on any atom is -0.494 e. The lowest BCUT2D eigenvalue weighted by Crippen LogP contribution is -2.46. The van der Waals surface area contributed by atoms with Crippen molar-refractivity contribution >= 4 is 5.91 Å². The number of rotatable bonds is 4. The third-order valence-electron chi connectivity index (χ3n) is 5.53. The summed E-state index contributed by atoms with van der Waals surface area (Å²) >= 11 is 0. The maximum Gasteiger partial charge on any atom is 0.226 e. The normalized spacial score (nSPS) is 24.5. The number of hydrogen-bond donors (Lipinski definition) is 0. The van der Waals surface area contributed by atoms with Crippen LogP contribution in [0, 0.1) is 5.92 Å². The highest BCUT2D eigenvalue weighted by Crippen LogP contribution is 2.28. The maximum atomic E-state index is 12.9. The molecule has 4 nitrogen and oxygen atoms in total. The number of fused-ring (bicyclic) bond motifs is 1. The topological polar surface area (TPSA) is 32.8 Å². The highest BCUT2D eigenvalue weighted by Gasteiger charge is 2.32. The van der Waals surface area contributed by atoms with Gasteiger partial charge in [0, 0.05) is 25.0 Å². The van der Waals surface area contributed by atoms with Crippen LogP contribution in [0.15, 0.2) is 18.2 Å². The summed E-state index contributed by atoms with van der Waals surface area (Å²) in [6.45, 7) is 7.72. The van der Waals surface area contributed by atoms with Gasteiger partial charge in [-0.1, -0.05) is 13.0 Å². The molecular weight excluding hydrogens is 300 g/mol. The lowest BCUT2D eigenvalue weighted by Gasteiger charge is -2.38. The smallest absolute Gasteiger partial charge is 0.226 e. The zero-order valence-corrected chi connectivity index (χ0v) is 15.3. The van der Waals surface area contributed by atoms with Crippen molar-refractivity contribution in [2.75, 3.05) is 26.7 Å². The molecule has 0 aliphatic carbocycles. The van der Waals surface area contributed by atoms with E-state index in [4.69, 9.17) is 4.74 Å². The highest BCUT2D eigenvalue weighted by atomic mass is 16.5. The van der Waals surface area contributed by atoms with E-state index in [2.05, 4.69) is 42.8 Å². The number of carbonyl (C=O) groups excluding carboxylic acids is 1. The predicted octanol–water partition coefficient (Wildman–Crippen LogP) is 3.09. The molecule has 3 rings (SSSR count). The molecule has 132 valence electrons. The minimum atomic E-state index is 0.199. The fourth-order valence-electron chi connectivity index (χ4n) is 3.80. The Morgan fingerprint density at radius 2 is 2.12 bits per heavy atom. The van der Waals surface area contributed by atoms with Gasteiger partial charge in [-0.15, -0.1) is 0 Å². The van der Waals surface area contributed by atoms with Crippen LogP contribution in [-0.2, 0) is 17.8 Å². The molecule has 0 saturated carbocycles. The number of ether oxygens (including phenoxy) is 1. The predicted molar refractivity (Wildman–Crippen MR) is 96.2 cm³/mol. The van der Waals surface area contributed by atoms with Gasteiger partial charge in [0.25, 0.3) is 0 Å². The molecule has 0 bridgehead atoms. The van der Waals surface area contributed by atoms with Crippen molar-refractivity contribution in [2.45, 2.75) is 52.1 Å². The van der Waals surface area contributed by atoms with Crippen LogP contribution in [0.2, 0.25) is 0 Å². The van der Waals surface area contributed by atoms with Crippen LogP contribution in [-0.4, -0.2) is 48.5 Å². The zero-order chi connectivity index (χ0) is 17.1. The summed E-state index contributed by atoms with van der Waals surface area (Å²) in [6.07, 6.45) is 3.94. The summed E-state index contributed by atoms with van der Waals surface area (Å²) < 4.78 is 5.73. The maximum absolute atomic E-state index is 12.9. The van der Waals surface area contributed by atoms with Gasteiger partial charge >= 0.3 is 0 Å². The Morgan fingerprint density at radius 3 is 2.88 bits per heavy atom. The second-order valence-electron chi connectivity index (χ2n) is 7.34. The van der Waals surface area contributed by atoms with E-state index >= 15 is 0 Å². The first-order valence-electron chi connectivity index (χ1n) is 9.32. The second-order valence-corrected chi connectivity index (χ2v) is 7.34. The molecule has 0 aromatic heterocycles. The van der Waals surface area contributed by atoms with E-state index in [0.717, 1.165) is 57.7 Å². The Hall–Kier alpha value is -1.55. The van der Waals surface area contributed by atoms with Crippen LogP contribution in [0.4, 0.5) is 0 Å². The van der Waals surface area contributed by atoms with E-state index in [0.29, 0.717) is 11.9 Å². The molecule has 0 radical (unpaired) electrons. The molecule has 1 fully saturated rings. The Kier molecular flexibility index (Phi) is 5.44. The first kappa shape index (κ1) is 17.3. The average Bonchev–Trinajstić information content (AvgIpc) is 2.61. The zero-order valence-electron chi connectivity index (χ0n) is 15.3. The van der Waals surface area contributed by atoms with Gasteiger partial charge in [0.05, 0.1) is 6.61 Å². The van der Waals surface area contributed by atoms with Crippen molar-refractivity contribution in [3.63, 3.8) is 0 Å². The van der Waals surface area contributed by atoms with E-state index in [1.54, 1.807) is 0 Å². The molecule has 2 atom stereocenters. The molecule has 2 heterocycles. The van der Waals surface area contributed by atoms with E-state index in [9.17, 15) is 4.79 Å². The van der Waals surface area contributed by atoms with Crippen molar-refractivity contribution in [1.29, 1.82) is 0 Å². The van der Waals surface area contributed by atoms with E-state index in [1.807, 2.05) is 6.07 Å². The van der Waals surface area contributed by atoms with Crippen molar-refractivity contribution in [3.05, 3.63) is 29.3 Å². The lowest BCUT2D eigenvalue weighted by molar-refractivity contribution is -0.138. The van der Waals surface area contributed by atoms with Crippen LogP contribution < -0.4 is 4.74 Å². The van der Waals surface area contributed by atoms with Gasteiger partial charge in [-0.05, 0) is 69.5 Å².